The number of pyridine rings is 1. The predicted octanol–water partition coefficient (Wildman–Crippen LogP) is 4.75. The molecule has 0 fully saturated rings. The zero-order chi connectivity index (χ0) is 19.6. The van der Waals surface area contributed by atoms with Gasteiger partial charge in [0.1, 0.15) is 22.9 Å². The lowest BCUT2D eigenvalue weighted by Gasteiger charge is -2.09. The predicted molar refractivity (Wildman–Crippen MR) is 90.3 cm³/mol. The molecule has 4 nitrogen and oxygen atoms in total. The quantitative estimate of drug-likeness (QED) is 0.458. The summed E-state index contributed by atoms with van der Waals surface area (Å²) < 4.78 is 55.3. The molecule has 0 aliphatic rings. The van der Waals surface area contributed by atoms with Gasteiger partial charge >= 0.3 is 6.36 Å². The van der Waals surface area contributed by atoms with Crippen LogP contribution in [0.3, 0.4) is 0 Å². The van der Waals surface area contributed by atoms with Crippen molar-refractivity contribution in [1.82, 2.24) is 9.38 Å². The number of carbonyl (C=O) groups excluding carboxylic acids is 1. The molecule has 0 unspecified atom stereocenters. The van der Waals surface area contributed by atoms with Crippen LogP contribution in [0.15, 0.2) is 42.6 Å². The number of carbonyl (C=O) groups is 1. The van der Waals surface area contributed by atoms with Gasteiger partial charge in [0.2, 0.25) is 0 Å². The molecule has 3 rings (SSSR count). The largest absolute Gasteiger partial charge is 0.573 e. The van der Waals surface area contributed by atoms with Gasteiger partial charge in [0.05, 0.1) is 5.69 Å². The Morgan fingerprint density at radius 2 is 1.85 bits per heavy atom. The Labute approximate surface area is 152 Å². The second-order valence-electron chi connectivity index (χ2n) is 5.95. The van der Waals surface area contributed by atoms with E-state index in [4.69, 9.17) is 0 Å². The van der Waals surface area contributed by atoms with Gasteiger partial charge in [-0.05, 0) is 42.7 Å². The highest BCUT2D eigenvalue weighted by Crippen LogP contribution is 2.23. The third-order valence-corrected chi connectivity index (χ3v) is 4.05. The average Bonchev–Trinajstić information content (AvgIpc) is 2.97. The van der Waals surface area contributed by atoms with Gasteiger partial charge < -0.3 is 4.74 Å². The number of imidazole rings is 1. The van der Waals surface area contributed by atoms with Gasteiger partial charge in [-0.15, -0.1) is 13.2 Å². The monoisotopic (exact) mass is 380 g/mol. The maximum atomic E-state index is 13.5. The molecule has 8 heteroatoms. The summed E-state index contributed by atoms with van der Waals surface area (Å²) in [4.78, 5) is 17.0. The van der Waals surface area contributed by atoms with Crippen molar-refractivity contribution >= 4 is 11.4 Å². The molecule has 0 aliphatic carbocycles. The fraction of sp³-hybridized carbons (Fsp3) is 0.263. The molecular formula is C19H16F4N2O2. The molecule has 0 radical (unpaired) electrons. The van der Waals surface area contributed by atoms with E-state index in [1.165, 1.54) is 47.0 Å². The van der Waals surface area contributed by atoms with Gasteiger partial charge in [-0.25, -0.2) is 9.37 Å². The Morgan fingerprint density at radius 3 is 2.48 bits per heavy atom. The number of benzene rings is 1. The summed E-state index contributed by atoms with van der Waals surface area (Å²) in [5, 5.41) is 0. The zero-order valence-corrected chi connectivity index (χ0v) is 14.4. The Hall–Kier alpha value is -2.90. The van der Waals surface area contributed by atoms with E-state index in [1.807, 2.05) is 6.92 Å². The summed E-state index contributed by atoms with van der Waals surface area (Å²) in [6.45, 7) is 1.86. The number of alkyl halides is 3. The highest BCUT2D eigenvalue weighted by Gasteiger charge is 2.31. The SMILES string of the molecule is CCc1nc2ccc(F)cn2c1C(=O)CCc1ccc(OC(F)(F)F)cc1. The molecule has 0 N–H and O–H groups in total. The molecule has 0 spiro atoms. The van der Waals surface area contributed by atoms with Crippen molar-refractivity contribution in [3.63, 3.8) is 0 Å². The zero-order valence-electron chi connectivity index (χ0n) is 14.4. The number of halogens is 4. The molecule has 0 saturated carbocycles. The van der Waals surface area contributed by atoms with Crippen LogP contribution in [0.2, 0.25) is 0 Å². The number of fused-ring (bicyclic) bond motifs is 1. The van der Waals surface area contributed by atoms with E-state index in [-0.39, 0.29) is 18.0 Å². The standard InChI is InChI=1S/C19H16F4N2O2/c1-2-15-18(25-11-13(20)6-10-17(25)24-15)16(26)9-5-12-3-7-14(8-4-12)27-19(21,22)23/h3-4,6-8,10-11H,2,5,9H2,1H3. The van der Waals surface area contributed by atoms with Crippen molar-refractivity contribution in [2.45, 2.75) is 32.5 Å². The Kier molecular flexibility index (Phi) is 5.16. The van der Waals surface area contributed by atoms with Crippen molar-refractivity contribution < 1.29 is 27.1 Å². The van der Waals surface area contributed by atoms with Crippen LogP contribution in [0.4, 0.5) is 17.6 Å². The molecule has 2 aromatic heterocycles. The van der Waals surface area contributed by atoms with Gasteiger partial charge in [-0.3, -0.25) is 9.20 Å². The average molecular weight is 380 g/mol. The topological polar surface area (TPSA) is 43.6 Å². The third kappa shape index (κ3) is 4.45. The van der Waals surface area contributed by atoms with E-state index < -0.39 is 12.2 Å². The lowest BCUT2D eigenvalue weighted by molar-refractivity contribution is -0.274. The lowest BCUT2D eigenvalue weighted by Crippen LogP contribution is -2.17. The molecule has 27 heavy (non-hydrogen) atoms. The maximum absolute atomic E-state index is 13.5. The first-order valence-corrected chi connectivity index (χ1v) is 8.31. The van der Waals surface area contributed by atoms with E-state index in [0.29, 0.717) is 35.4 Å². The fourth-order valence-corrected chi connectivity index (χ4v) is 2.84. The molecule has 0 atom stereocenters. The normalized spacial score (nSPS) is 11.7. The Morgan fingerprint density at radius 1 is 1.15 bits per heavy atom. The fourth-order valence-electron chi connectivity index (χ4n) is 2.84. The summed E-state index contributed by atoms with van der Waals surface area (Å²) in [7, 11) is 0. The van der Waals surface area contributed by atoms with Crippen LogP contribution in [-0.2, 0) is 12.8 Å². The van der Waals surface area contributed by atoms with Crippen LogP contribution in [0, 0.1) is 5.82 Å². The molecule has 0 bridgehead atoms. The minimum absolute atomic E-state index is 0.122. The molecule has 3 aromatic rings. The smallest absolute Gasteiger partial charge is 0.406 e. The minimum atomic E-state index is -4.74. The van der Waals surface area contributed by atoms with Gasteiger partial charge in [-0.2, -0.15) is 0 Å². The maximum Gasteiger partial charge on any atom is 0.573 e. The highest BCUT2D eigenvalue weighted by atomic mass is 19.4. The van der Waals surface area contributed by atoms with Crippen molar-refractivity contribution in [1.29, 1.82) is 0 Å². The number of hydrogen-bond donors (Lipinski definition) is 0. The molecular weight excluding hydrogens is 364 g/mol. The van der Waals surface area contributed by atoms with Crippen LogP contribution in [0.5, 0.6) is 5.75 Å². The number of ketones is 1. The Balaban J connectivity index is 1.74. The summed E-state index contributed by atoms with van der Waals surface area (Å²) >= 11 is 0. The van der Waals surface area contributed by atoms with Crippen LogP contribution in [0.1, 0.15) is 35.1 Å². The third-order valence-electron chi connectivity index (χ3n) is 4.05. The van der Waals surface area contributed by atoms with E-state index >= 15 is 0 Å². The van der Waals surface area contributed by atoms with Crippen molar-refractivity contribution in [2.24, 2.45) is 0 Å². The summed E-state index contributed by atoms with van der Waals surface area (Å²) in [5.41, 5.74) is 2.10. The molecule has 1 aromatic carbocycles. The first kappa shape index (κ1) is 18.9. The van der Waals surface area contributed by atoms with Gasteiger partial charge in [0.25, 0.3) is 0 Å². The van der Waals surface area contributed by atoms with Crippen molar-refractivity contribution in [3.05, 3.63) is 65.4 Å². The van der Waals surface area contributed by atoms with E-state index in [9.17, 15) is 22.4 Å². The molecule has 0 amide bonds. The number of aryl methyl sites for hydroxylation is 2. The second-order valence-corrected chi connectivity index (χ2v) is 5.95. The number of hydrogen-bond acceptors (Lipinski definition) is 3. The molecule has 2 heterocycles. The number of ether oxygens (including phenoxy) is 1. The minimum Gasteiger partial charge on any atom is -0.406 e. The van der Waals surface area contributed by atoms with Crippen LogP contribution >= 0.6 is 0 Å². The highest BCUT2D eigenvalue weighted by molar-refractivity contribution is 5.96. The van der Waals surface area contributed by atoms with E-state index in [2.05, 4.69) is 9.72 Å². The summed E-state index contributed by atoms with van der Waals surface area (Å²) in [5.74, 6) is -1.000. The molecule has 142 valence electrons. The van der Waals surface area contributed by atoms with E-state index in [1.54, 1.807) is 0 Å². The Bertz CT molecular complexity index is 962. The number of Topliss-reactive ketones (excluding diaryl/α,β-unsaturated/α-hetero) is 1. The first-order valence-electron chi connectivity index (χ1n) is 8.31. The number of aromatic nitrogens is 2. The van der Waals surface area contributed by atoms with Crippen LogP contribution in [-0.4, -0.2) is 21.5 Å². The second kappa shape index (κ2) is 7.38. The van der Waals surface area contributed by atoms with Crippen LogP contribution in [0.25, 0.3) is 5.65 Å². The van der Waals surface area contributed by atoms with Gasteiger partial charge in [0.15, 0.2) is 5.78 Å². The first-order chi connectivity index (χ1) is 12.8. The molecule has 0 saturated heterocycles. The summed E-state index contributed by atoms with van der Waals surface area (Å²) in [6, 6.07) is 8.14. The van der Waals surface area contributed by atoms with E-state index in [0.717, 1.165) is 0 Å². The van der Waals surface area contributed by atoms with Gasteiger partial charge in [-0.1, -0.05) is 19.1 Å². The van der Waals surface area contributed by atoms with Crippen molar-refractivity contribution in [2.75, 3.05) is 0 Å². The lowest BCUT2D eigenvalue weighted by atomic mass is 10.0. The summed E-state index contributed by atoms with van der Waals surface area (Å²) in [6.07, 6.45) is -2.55. The van der Waals surface area contributed by atoms with Gasteiger partial charge in [0, 0.05) is 12.6 Å². The molecule has 0 aliphatic heterocycles. The number of rotatable bonds is 6. The van der Waals surface area contributed by atoms with Crippen molar-refractivity contribution in [3.8, 4) is 5.75 Å². The number of nitrogens with zero attached hydrogens (tertiary/aromatic N) is 2. The van der Waals surface area contributed by atoms with Crippen LogP contribution < -0.4 is 4.74 Å².